The number of aryl methyl sites for hydroxylation is 1. The summed E-state index contributed by atoms with van der Waals surface area (Å²) in [5, 5.41) is 3.15. The van der Waals surface area contributed by atoms with E-state index in [-0.39, 0.29) is 5.37 Å². The molecule has 1 N–H and O–H groups in total. The van der Waals surface area contributed by atoms with Gasteiger partial charge in [0.2, 0.25) is 0 Å². The number of rotatable bonds is 2. The third-order valence-electron chi connectivity index (χ3n) is 2.34. The van der Waals surface area contributed by atoms with E-state index in [9.17, 15) is 0 Å². The van der Waals surface area contributed by atoms with Gasteiger partial charge in [-0.25, -0.2) is 4.98 Å². The van der Waals surface area contributed by atoms with Crippen LogP contribution in [0.25, 0.3) is 11.0 Å². The summed E-state index contributed by atoms with van der Waals surface area (Å²) in [7, 11) is 3.88. The summed E-state index contributed by atoms with van der Waals surface area (Å²) in [6, 6.07) is 6.19. The lowest BCUT2D eigenvalue weighted by molar-refractivity contribution is 0.801. The van der Waals surface area contributed by atoms with Gasteiger partial charge < -0.3 is 9.88 Å². The molecule has 0 spiro atoms. The smallest absolute Gasteiger partial charge is 0.0955 e. The van der Waals surface area contributed by atoms with Crippen molar-refractivity contribution in [3.8, 4) is 0 Å². The molecule has 0 fully saturated rings. The maximum absolute atomic E-state index is 4.41. The van der Waals surface area contributed by atoms with Gasteiger partial charge in [-0.3, -0.25) is 0 Å². The predicted octanol–water partition coefficient (Wildman–Crippen LogP) is 1.72. The second-order valence-corrected chi connectivity index (χ2v) is 3.81. The van der Waals surface area contributed by atoms with E-state index in [0.29, 0.717) is 0 Å². The minimum Gasteiger partial charge on any atom is -0.334 e. The highest BCUT2D eigenvalue weighted by atomic mass is 32.1. The highest BCUT2D eigenvalue weighted by Crippen LogP contribution is 2.20. The molecule has 14 heavy (non-hydrogen) atoms. The predicted molar refractivity (Wildman–Crippen MR) is 61.5 cm³/mol. The molecule has 2 aromatic rings. The summed E-state index contributed by atoms with van der Waals surface area (Å²) in [5.41, 5.74) is 3.30. The highest BCUT2D eigenvalue weighted by molar-refractivity contribution is 7.80. The molecule has 1 atom stereocenters. The van der Waals surface area contributed by atoms with E-state index in [2.05, 4.69) is 41.1 Å². The number of hydrogen-bond acceptors (Lipinski definition) is 3. The maximum atomic E-state index is 4.41. The number of imidazole rings is 1. The largest absolute Gasteiger partial charge is 0.334 e. The van der Waals surface area contributed by atoms with E-state index in [1.54, 1.807) is 0 Å². The van der Waals surface area contributed by atoms with Crippen molar-refractivity contribution in [2.24, 2.45) is 7.05 Å². The van der Waals surface area contributed by atoms with Crippen LogP contribution >= 0.6 is 12.6 Å². The third-order valence-corrected chi connectivity index (χ3v) is 2.90. The van der Waals surface area contributed by atoms with Crippen LogP contribution in [0.2, 0.25) is 0 Å². The van der Waals surface area contributed by atoms with E-state index in [1.165, 1.54) is 0 Å². The summed E-state index contributed by atoms with van der Waals surface area (Å²) in [6.45, 7) is 0. The molecule has 0 saturated heterocycles. The Kier molecular flexibility index (Phi) is 2.48. The van der Waals surface area contributed by atoms with E-state index in [0.717, 1.165) is 16.6 Å². The quantitative estimate of drug-likeness (QED) is 0.580. The minimum absolute atomic E-state index is 0.0707. The second-order valence-electron chi connectivity index (χ2n) is 3.29. The Morgan fingerprint density at radius 3 is 3.00 bits per heavy atom. The summed E-state index contributed by atoms with van der Waals surface area (Å²) in [4.78, 5) is 4.30. The van der Waals surface area contributed by atoms with Gasteiger partial charge in [0.1, 0.15) is 0 Å². The molecule has 0 aliphatic carbocycles. The van der Waals surface area contributed by atoms with Gasteiger partial charge >= 0.3 is 0 Å². The van der Waals surface area contributed by atoms with Crippen LogP contribution in [0, 0.1) is 0 Å². The molecule has 3 nitrogen and oxygen atoms in total. The fraction of sp³-hybridized carbons (Fsp3) is 0.300. The first-order valence-corrected chi connectivity index (χ1v) is 5.00. The SMILES string of the molecule is CNC(S)c1ccc2c(c1)ncn2C. The van der Waals surface area contributed by atoms with Gasteiger partial charge in [0.25, 0.3) is 0 Å². The van der Waals surface area contributed by atoms with Gasteiger partial charge in [-0.2, -0.15) is 12.6 Å². The van der Waals surface area contributed by atoms with Crippen molar-refractivity contribution in [2.75, 3.05) is 7.05 Å². The summed E-state index contributed by atoms with van der Waals surface area (Å²) < 4.78 is 2.01. The average molecular weight is 207 g/mol. The van der Waals surface area contributed by atoms with Crippen molar-refractivity contribution in [2.45, 2.75) is 5.37 Å². The Bertz CT molecular complexity index is 450. The maximum Gasteiger partial charge on any atom is 0.0955 e. The fourth-order valence-electron chi connectivity index (χ4n) is 1.49. The molecule has 2 rings (SSSR count). The Hall–Kier alpha value is -1.00. The number of aromatic nitrogens is 2. The number of fused-ring (bicyclic) bond motifs is 1. The van der Waals surface area contributed by atoms with Crippen LogP contribution in [-0.2, 0) is 7.05 Å². The van der Waals surface area contributed by atoms with Crippen molar-refractivity contribution in [1.29, 1.82) is 0 Å². The topological polar surface area (TPSA) is 29.9 Å². The first-order chi connectivity index (χ1) is 6.72. The summed E-state index contributed by atoms with van der Waals surface area (Å²) >= 11 is 4.41. The number of nitrogens with one attached hydrogen (secondary N) is 1. The molecular formula is C10H13N3S. The molecule has 0 radical (unpaired) electrons. The molecule has 0 saturated carbocycles. The van der Waals surface area contributed by atoms with Gasteiger partial charge in [-0.05, 0) is 24.7 Å². The Morgan fingerprint density at radius 1 is 1.50 bits per heavy atom. The van der Waals surface area contributed by atoms with Crippen molar-refractivity contribution in [3.63, 3.8) is 0 Å². The lowest BCUT2D eigenvalue weighted by Gasteiger charge is -2.09. The van der Waals surface area contributed by atoms with E-state index in [4.69, 9.17) is 0 Å². The molecule has 74 valence electrons. The second kappa shape index (κ2) is 3.63. The zero-order chi connectivity index (χ0) is 10.1. The van der Waals surface area contributed by atoms with E-state index in [1.807, 2.05) is 25.0 Å². The molecule has 1 heterocycles. The number of nitrogens with zero attached hydrogens (tertiary/aromatic N) is 2. The van der Waals surface area contributed by atoms with Crippen LogP contribution in [0.15, 0.2) is 24.5 Å². The van der Waals surface area contributed by atoms with Gasteiger partial charge in [0.15, 0.2) is 0 Å². The average Bonchev–Trinajstić information content (AvgIpc) is 2.59. The molecule has 0 aliphatic rings. The van der Waals surface area contributed by atoms with Crippen LogP contribution in [0.4, 0.5) is 0 Å². The summed E-state index contributed by atoms with van der Waals surface area (Å²) in [6.07, 6.45) is 1.82. The lowest BCUT2D eigenvalue weighted by atomic mass is 10.2. The Morgan fingerprint density at radius 2 is 2.29 bits per heavy atom. The zero-order valence-electron chi connectivity index (χ0n) is 8.23. The van der Waals surface area contributed by atoms with Gasteiger partial charge in [-0.1, -0.05) is 6.07 Å². The van der Waals surface area contributed by atoms with E-state index < -0.39 is 0 Å². The fourth-order valence-corrected chi connectivity index (χ4v) is 1.65. The summed E-state index contributed by atoms with van der Waals surface area (Å²) in [5.74, 6) is 0. The van der Waals surface area contributed by atoms with Crippen molar-refractivity contribution < 1.29 is 0 Å². The number of benzene rings is 1. The van der Waals surface area contributed by atoms with E-state index >= 15 is 0 Å². The van der Waals surface area contributed by atoms with Crippen molar-refractivity contribution in [3.05, 3.63) is 30.1 Å². The van der Waals surface area contributed by atoms with Crippen LogP contribution in [0.3, 0.4) is 0 Å². The third kappa shape index (κ3) is 1.51. The normalized spacial score (nSPS) is 13.4. The number of hydrogen-bond donors (Lipinski definition) is 2. The molecule has 1 aromatic carbocycles. The molecule has 0 aliphatic heterocycles. The van der Waals surface area contributed by atoms with Crippen molar-refractivity contribution in [1.82, 2.24) is 14.9 Å². The molecule has 1 unspecified atom stereocenters. The molecule has 1 aromatic heterocycles. The van der Waals surface area contributed by atoms with Gasteiger partial charge in [0.05, 0.1) is 22.7 Å². The first kappa shape index (κ1) is 9.55. The lowest BCUT2D eigenvalue weighted by Crippen LogP contribution is -2.09. The first-order valence-electron chi connectivity index (χ1n) is 4.48. The number of thiol groups is 1. The Balaban J connectivity index is 2.52. The van der Waals surface area contributed by atoms with Gasteiger partial charge in [-0.15, -0.1) is 0 Å². The molecule has 0 bridgehead atoms. The molecule has 0 amide bonds. The monoisotopic (exact) mass is 207 g/mol. The zero-order valence-corrected chi connectivity index (χ0v) is 9.12. The minimum atomic E-state index is 0.0707. The molecular weight excluding hydrogens is 194 g/mol. The molecule has 4 heteroatoms. The van der Waals surface area contributed by atoms with Crippen molar-refractivity contribution >= 4 is 23.7 Å². The Labute approximate surface area is 88.6 Å². The highest BCUT2D eigenvalue weighted by Gasteiger charge is 2.05. The van der Waals surface area contributed by atoms with Crippen LogP contribution in [0.1, 0.15) is 10.9 Å². The van der Waals surface area contributed by atoms with Crippen LogP contribution in [0.5, 0.6) is 0 Å². The standard InChI is InChI=1S/C10H13N3S/c1-11-10(14)7-3-4-9-8(5-7)12-6-13(9)2/h3-6,10-11,14H,1-2H3. The van der Waals surface area contributed by atoms with Crippen LogP contribution in [-0.4, -0.2) is 16.6 Å². The van der Waals surface area contributed by atoms with Gasteiger partial charge in [0, 0.05) is 7.05 Å². The van der Waals surface area contributed by atoms with Crippen LogP contribution < -0.4 is 5.32 Å².